The third-order valence-electron chi connectivity index (χ3n) is 4.89. The quantitative estimate of drug-likeness (QED) is 0.626. The van der Waals surface area contributed by atoms with Crippen LogP contribution in [0.15, 0.2) is 24.3 Å². The van der Waals surface area contributed by atoms with Crippen LogP contribution in [-0.4, -0.2) is 30.6 Å². The SMILES string of the molecule is CCP(=S)(CC)c1cccc(B2OC(C)(C)C(C)(C)O2)c1. The van der Waals surface area contributed by atoms with E-state index in [1.807, 2.05) is 0 Å². The van der Waals surface area contributed by atoms with Crippen LogP contribution < -0.4 is 10.8 Å². The third-order valence-corrected chi connectivity index (χ3v) is 10.3. The standard InChI is InChI=1S/C16H26BO2PS/c1-7-20(21,8-2)14-11-9-10-13(12-14)17-18-15(3,4)16(5,6)19-17/h9-12H,7-8H2,1-6H3. The fourth-order valence-electron chi connectivity index (χ4n) is 2.49. The van der Waals surface area contributed by atoms with Crippen molar-refractivity contribution in [3.8, 4) is 0 Å². The molecule has 1 saturated heterocycles. The lowest BCUT2D eigenvalue weighted by Gasteiger charge is -2.32. The molecule has 0 amide bonds. The van der Waals surface area contributed by atoms with E-state index in [2.05, 4.69) is 65.8 Å². The lowest BCUT2D eigenvalue weighted by atomic mass is 9.79. The molecule has 116 valence electrons. The van der Waals surface area contributed by atoms with Crippen LogP contribution in [0.25, 0.3) is 0 Å². The van der Waals surface area contributed by atoms with Gasteiger partial charge >= 0.3 is 7.12 Å². The molecule has 0 bridgehead atoms. The Hall–Kier alpha value is -0.145. The van der Waals surface area contributed by atoms with Gasteiger partial charge in [-0.3, -0.25) is 0 Å². The van der Waals surface area contributed by atoms with Crippen molar-refractivity contribution in [1.82, 2.24) is 0 Å². The molecule has 0 radical (unpaired) electrons. The van der Waals surface area contributed by atoms with E-state index in [1.165, 1.54) is 5.30 Å². The Bertz CT molecular complexity index is 547. The van der Waals surface area contributed by atoms with Gasteiger partial charge in [-0.15, -0.1) is 0 Å². The Morgan fingerprint density at radius 1 is 1.05 bits per heavy atom. The van der Waals surface area contributed by atoms with Crippen LogP contribution in [0.3, 0.4) is 0 Å². The second-order valence-corrected chi connectivity index (χ2v) is 12.4. The molecule has 2 rings (SSSR count). The van der Waals surface area contributed by atoms with Gasteiger partial charge in [0.15, 0.2) is 0 Å². The van der Waals surface area contributed by atoms with Crippen molar-refractivity contribution in [1.29, 1.82) is 0 Å². The van der Waals surface area contributed by atoms with Gasteiger partial charge in [-0.2, -0.15) is 0 Å². The first-order valence-corrected chi connectivity index (χ1v) is 10.9. The molecule has 0 atom stereocenters. The molecule has 1 aliphatic heterocycles. The van der Waals surface area contributed by atoms with Gasteiger partial charge < -0.3 is 9.31 Å². The monoisotopic (exact) mass is 324 g/mol. The molecule has 0 aromatic heterocycles. The van der Waals surface area contributed by atoms with E-state index in [-0.39, 0.29) is 18.3 Å². The zero-order chi connectivity index (χ0) is 15.9. The maximum atomic E-state index is 6.14. The smallest absolute Gasteiger partial charge is 0.399 e. The lowest BCUT2D eigenvalue weighted by Crippen LogP contribution is -2.41. The molecule has 0 aliphatic carbocycles. The highest BCUT2D eigenvalue weighted by atomic mass is 32.4. The van der Waals surface area contributed by atoms with Gasteiger partial charge in [0, 0.05) is 0 Å². The molecule has 21 heavy (non-hydrogen) atoms. The average Bonchev–Trinajstić information content (AvgIpc) is 2.67. The second kappa shape index (κ2) is 5.81. The van der Waals surface area contributed by atoms with E-state index >= 15 is 0 Å². The molecule has 5 heteroatoms. The molecule has 1 aromatic carbocycles. The summed E-state index contributed by atoms with van der Waals surface area (Å²) in [5.41, 5.74) is 0.481. The topological polar surface area (TPSA) is 18.5 Å². The van der Waals surface area contributed by atoms with Crippen LogP contribution >= 0.6 is 6.04 Å². The minimum Gasteiger partial charge on any atom is -0.399 e. The number of hydrogen-bond donors (Lipinski definition) is 0. The lowest BCUT2D eigenvalue weighted by molar-refractivity contribution is 0.00578. The Kier molecular flexibility index (Phi) is 4.76. The number of hydrogen-bond acceptors (Lipinski definition) is 3. The van der Waals surface area contributed by atoms with Crippen molar-refractivity contribution in [2.45, 2.75) is 52.7 Å². The molecule has 1 heterocycles. The maximum Gasteiger partial charge on any atom is 0.494 e. The summed E-state index contributed by atoms with van der Waals surface area (Å²) in [6, 6.07) is 7.10. The first-order chi connectivity index (χ1) is 9.65. The Balaban J connectivity index is 2.34. The summed E-state index contributed by atoms with van der Waals surface area (Å²) in [5, 5.41) is 1.30. The summed E-state index contributed by atoms with van der Waals surface area (Å²) < 4.78 is 12.3. The highest BCUT2D eigenvalue weighted by molar-refractivity contribution is 8.18. The summed E-state index contributed by atoms with van der Waals surface area (Å²) in [4.78, 5) is 0. The minimum atomic E-state index is -1.44. The van der Waals surface area contributed by atoms with Gasteiger partial charge in [0.05, 0.1) is 11.2 Å². The van der Waals surface area contributed by atoms with Gasteiger partial charge in [-0.05, 0) is 56.8 Å². The van der Waals surface area contributed by atoms with Gasteiger partial charge in [-0.1, -0.05) is 49.9 Å². The van der Waals surface area contributed by atoms with Crippen LogP contribution in [0.1, 0.15) is 41.5 Å². The summed E-state index contributed by atoms with van der Waals surface area (Å²) >= 11 is 5.92. The van der Waals surface area contributed by atoms with Crippen molar-refractivity contribution in [3.63, 3.8) is 0 Å². The predicted molar refractivity (Wildman–Crippen MR) is 97.2 cm³/mol. The van der Waals surface area contributed by atoms with Crippen molar-refractivity contribution in [2.75, 3.05) is 12.3 Å². The van der Waals surface area contributed by atoms with Crippen LogP contribution in [0.5, 0.6) is 0 Å². The average molecular weight is 324 g/mol. The van der Waals surface area contributed by atoms with Crippen molar-refractivity contribution in [3.05, 3.63) is 24.3 Å². The first-order valence-electron chi connectivity index (χ1n) is 7.69. The second-order valence-electron chi connectivity index (χ2n) is 6.71. The van der Waals surface area contributed by atoms with Gasteiger partial charge in [0.25, 0.3) is 0 Å². The fourth-order valence-corrected chi connectivity index (χ4v) is 4.75. The number of rotatable bonds is 4. The van der Waals surface area contributed by atoms with Crippen LogP contribution in [0.4, 0.5) is 0 Å². The zero-order valence-corrected chi connectivity index (χ0v) is 15.7. The van der Waals surface area contributed by atoms with E-state index in [0.29, 0.717) is 0 Å². The van der Waals surface area contributed by atoms with Crippen LogP contribution in [0, 0.1) is 0 Å². The molecule has 0 saturated carbocycles. The molecule has 0 spiro atoms. The van der Waals surface area contributed by atoms with E-state index in [1.54, 1.807) is 0 Å². The van der Waals surface area contributed by atoms with Crippen molar-refractivity contribution >= 4 is 35.7 Å². The fraction of sp³-hybridized carbons (Fsp3) is 0.625. The van der Waals surface area contributed by atoms with Crippen molar-refractivity contribution < 1.29 is 9.31 Å². The van der Waals surface area contributed by atoms with Crippen molar-refractivity contribution in [2.24, 2.45) is 0 Å². The molecule has 1 aliphatic rings. The highest BCUT2D eigenvalue weighted by Gasteiger charge is 2.51. The van der Waals surface area contributed by atoms with Crippen LogP contribution in [-0.2, 0) is 21.1 Å². The molecular weight excluding hydrogens is 298 g/mol. The van der Waals surface area contributed by atoms with Gasteiger partial charge in [0.1, 0.15) is 0 Å². The molecule has 2 nitrogen and oxygen atoms in total. The van der Waals surface area contributed by atoms with Crippen LogP contribution in [0.2, 0.25) is 0 Å². The molecular formula is C16H26BO2PS. The zero-order valence-electron chi connectivity index (χ0n) is 14.0. The molecule has 1 aromatic rings. The summed E-state index contributed by atoms with van der Waals surface area (Å²) in [7, 11) is -0.299. The molecule has 0 unspecified atom stereocenters. The Labute approximate surface area is 134 Å². The summed E-state index contributed by atoms with van der Waals surface area (Å²) in [6.07, 6.45) is 2.12. The Morgan fingerprint density at radius 2 is 1.57 bits per heavy atom. The summed E-state index contributed by atoms with van der Waals surface area (Å²) in [6.45, 7) is 12.7. The predicted octanol–water partition coefficient (Wildman–Crippen LogP) is 3.13. The molecule has 0 N–H and O–H groups in total. The number of benzene rings is 1. The highest BCUT2D eigenvalue weighted by Crippen LogP contribution is 2.43. The van der Waals surface area contributed by atoms with Gasteiger partial charge in [0.2, 0.25) is 0 Å². The first kappa shape index (κ1) is 17.2. The normalized spacial score (nSPS) is 20.8. The molecule has 1 fully saturated rings. The van der Waals surface area contributed by atoms with Gasteiger partial charge in [-0.25, -0.2) is 0 Å². The Morgan fingerprint density at radius 3 is 2.05 bits per heavy atom. The van der Waals surface area contributed by atoms with E-state index < -0.39 is 6.04 Å². The third kappa shape index (κ3) is 3.15. The van der Waals surface area contributed by atoms with E-state index in [4.69, 9.17) is 21.1 Å². The van der Waals surface area contributed by atoms with E-state index in [9.17, 15) is 0 Å². The van der Waals surface area contributed by atoms with E-state index in [0.717, 1.165) is 17.8 Å². The minimum absolute atomic E-state index is 0.299. The summed E-state index contributed by atoms with van der Waals surface area (Å²) in [5.74, 6) is 0. The maximum absolute atomic E-state index is 6.14. The largest absolute Gasteiger partial charge is 0.494 e.